The van der Waals surface area contributed by atoms with Crippen molar-refractivity contribution in [1.29, 1.82) is 0 Å². The Bertz CT molecular complexity index is 2340. The van der Waals surface area contributed by atoms with Crippen molar-refractivity contribution in [2.75, 3.05) is 43.1 Å². The highest BCUT2D eigenvalue weighted by Gasteiger charge is 2.32. The van der Waals surface area contributed by atoms with E-state index >= 15 is 4.39 Å². The van der Waals surface area contributed by atoms with Crippen LogP contribution in [0.15, 0.2) is 89.1 Å². The van der Waals surface area contributed by atoms with Crippen LogP contribution in [0.1, 0.15) is 12.5 Å². The number of aliphatic hydroxyl groups excluding tert-OH is 1. The fourth-order valence-electron chi connectivity index (χ4n) is 7.02. The number of aryl methyl sites for hydroxylation is 1. The van der Waals surface area contributed by atoms with Gasteiger partial charge in [-0.15, -0.1) is 0 Å². The Kier molecular flexibility index (Phi) is 8.95. The molecule has 5 aromatic heterocycles. The van der Waals surface area contributed by atoms with Crippen LogP contribution in [-0.2, 0) is 18.4 Å². The van der Waals surface area contributed by atoms with Crippen LogP contribution in [0.4, 0.5) is 21.6 Å². The quantitative estimate of drug-likeness (QED) is 0.257. The van der Waals surface area contributed by atoms with Gasteiger partial charge < -0.3 is 29.0 Å². The second-order valence-electron chi connectivity index (χ2n) is 12.7. The van der Waals surface area contributed by atoms with Gasteiger partial charge in [-0.2, -0.15) is 13.5 Å². The summed E-state index contributed by atoms with van der Waals surface area (Å²) in [7, 11) is 1.64. The molecule has 6 aromatic rings. The average Bonchev–Trinajstić information content (AvgIpc) is 3.38. The van der Waals surface area contributed by atoms with Gasteiger partial charge in [0.2, 0.25) is 0 Å². The fraction of sp³-hybridized carbons (Fsp3) is 0.278. The van der Waals surface area contributed by atoms with Crippen LogP contribution in [0.5, 0.6) is 0 Å². The van der Waals surface area contributed by atoms with E-state index in [1.165, 1.54) is 25.9 Å². The summed E-state index contributed by atoms with van der Waals surface area (Å²) in [5, 5.41) is 14.1. The van der Waals surface area contributed by atoms with Gasteiger partial charge in [-0.1, -0.05) is 12.1 Å². The number of halogens is 1. The number of ether oxygens (including phenoxy) is 1. The molecule has 1 atom stereocenters. The van der Waals surface area contributed by atoms with Crippen LogP contribution >= 0.6 is 13.5 Å². The Labute approximate surface area is 293 Å². The lowest BCUT2D eigenvalue weighted by Gasteiger charge is -2.46. The van der Waals surface area contributed by atoms with Gasteiger partial charge in [0.25, 0.3) is 11.1 Å². The highest BCUT2D eigenvalue weighted by molar-refractivity contribution is 7.59. The predicted molar refractivity (Wildman–Crippen MR) is 196 cm³/mol. The minimum atomic E-state index is -0.622. The van der Waals surface area contributed by atoms with E-state index in [1.807, 2.05) is 18.3 Å². The molecular formula is C36H37FN8O4S. The lowest BCUT2D eigenvalue weighted by Crippen LogP contribution is -2.59. The Morgan fingerprint density at radius 2 is 1.86 bits per heavy atom. The molecule has 2 aliphatic heterocycles. The van der Waals surface area contributed by atoms with Crippen molar-refractivity contribution in [3.63, 3.8) is 0 Å². The third-order valence-electron chi connectivity index (χ3n) is 9.69. The highest BCUT2D eigenvalue weighted by atomic mass is 32.1. The molecule has 2 saturated heterocycles. The first kappa shape index (κ1) is 33.5. The molecule has 0 amide bonds. The standard InChI is InChI=1S/C36H35FN8O4.H2S/c1-22-17-42(25-20-49-21-25)11-12-43(22)24-7-8-31(39-16-24)40-29-15-23(18-41(2)35(29)47)26-9-10-38-34(28(26)19-46)45-14-13-44-30-6-4-3-5-27(30)32(37)33(44)36(45)48;/h3-10,13-16,18,22,25,46H,11-12,17,19-21H2,1-2H3,(H,39,40);1H2/t22-;/m0./s1. The first-order valence-corrected chi connectivity index (χ1v) is 16.2. The van der Waals surface area contributed by atoms with Gasteiger partial charge in [0.05, 0.1) is 43.3 Å². The van der Waals surface area contributed by atoms with Crippen LogP contribution in [0.25, 0.3) is 33.4 Å². The summed E-state index contributed by atoms with van der Waals surface area (Å²) < 4.78 is 25.0. The molecule has 0 saturated carbocycles. The van der Waals surface area contributed by atoms with Crippen LogP contribution in [0, 0.1) is 5.82 Å². The summed E-state index contributed by atoms with van der Waals surface area (Å²) in [4.78, 5) is 40.8. The number of fused-ring (bicyclic) bond motifs is 3. The number of piperazine rings is 1. The van der Waals surface area contributed by atoms with Crippen molar-refractivity contribution in [2.45, 2.75) is 25.6 Å². The first-order chi connectivity index (χ1) is 23.8. The summed E-state index contributed by atoms with van der Waals surface area (Å²) in [6.07, 6.45) is 8.12. The molecule has 2 aliphatic rings. The summed E-state index contributed by atoms with van der Waals surface area (Å²) in [5.41, 5.74) is 2.38. The third-order valence-corrected chi connectivity index (χ3v) is 9.69. The van der Waals surface area contributed by atoms with E-state index in [0.29, 0.717) is 45.5 Å². The van der Waals surface area contributed by atoms with Crippen molar-refractivity contribution in [3.8, 4) is 16.9 Å². The highest BCUT2D eigenvalue weighted by Crippen LogP contribution is 2.30. The van der Waals surface area contributed by atoms with Crippen molar-refractivity contribution < 1.29 is 14.2 Å². The van der Waals surface area contributed by atoms with Gasteiger partial charge in [0.15, 0.2) is 5.82 Å². The Hall–Kier alpha value is -5.02. The minimum Gasteiger partial charge on any atom is -0.392 e. The largest absolute Gasteiger partial charge is 0.392 e. The number of benzene rings is 1. The zero-order valence-electron chi connectivity index (χ0n) is 27.6. The predicted octanol–water partition coefficient (Wildman–Crippen LogP) is 3.80. The van der Waals surface area contributed by atoms with Crippen LogP contribution in [0.3, 0.4) is 0 Å². The van der Waals surface area contributed by atoms with Gasteiger partial charge in [0.1, 0.15) is 22.8 Å². The van der Waals surface area contributed by atoms with Crippen molar-refractivity contribution in [3.05, 3.63) is 112 Å². The van der Waals surface area contributed by atoms with Gasteiger partial charge in [0, 0.05) is 74.0 Å². The number of anilines is 3. The Morgan fingerprint density at radius 3 is 2.58 bits per heavy atom. The summed E-state index contributed by atoms with van der Waals surface area (Å²) >= 11 is 0. The van der Waals surface area contributed by atoms with E-state index in [-0.39, 0.29) is 36.1 Å². The second kappa shape index (κ2) is 13.4. The number of pyridine rings is 3. The lowest BCUT2D eigenvalue weighted by molar-refractivity contribution is -0.0691. The maximum atomic E-state index is 15.4. The monoisotopic (exact) mass is 696 g/mol. The molecule has 258 valence electrons. The number of rotatable bonds is 7. The number of hydrogen-bond donors (Lipinski definition) is 2. The van der Waals surface area contributed by atoms with E-state index in [4.69, 9.17) is 4.74 Å². The summed E-state index contributed by atoms with van der Waals surface area (Å²) in [6, 6.07) is 15.0. The molecule has 0 bridgehead atoms. The molecule has 8 rings (SSSR count). The van der Waals surface area contributed by atoms with Gasteiger partial charge in [-0.3, -0.25) is 19.1 Å². The average molecular weight is 697 g/mol. The smallest absolute Gasteiger partial charge is 0.283 e. The first-order valence-electron chi connectivity index (χ1n) is 16.2. The van der Waals surface area contributed by atoms with Crippen LogP contribution in [0.2, 0.25) is 0 Å². The van der Waals surface area contributed by atoms with Crippen LogP contribution < -0.4 is 21.3 Å². The molecule has 0 unspecified atom stereocenters. The number of nitrogens with one attached hydrogen (secondary N) is 1. The third kappa shape index (κ3) is 5.63. The van der Waals surface area contributed by atoms with Gasteiger partial charge >= 0.3 is 0 Å². The lowest BCUT2D eigenvalue weighted by atomic mass is 10.0. The molecule has 50 heavy (non-hydrogen) atoms. The molecule has 2 N–H and O–H groups in total. The van der Waals surface area contributed by atoms with E-state index < -0.39 is 18.0 Å². The normalized spacial score (nSPS) is 16.8. The van der Waals surface area contributed by atoms with E-state index in [9.17, 15) is 14.7 Å². The molecule has 12 nitrogen and oxygen atoms in total. The van der Waals surface area contributed by atoms with Gasteiger partial charge in [-0.25, -0.2) is 14.4 Å². The summed E-state index contributed by atoms with van der Waals surface area (Å²) in [6.45, 7) is 6.20. The van der Waals surface area contributed by atoms with Crippen LogP contribution in [-0.4, -0.2) is 78.4 Å². The topological polar surface area (TPSA) is 122 Å². The molecule has 14 heteroatoms. The number of nitrogens with zero attached hydrogens (tertiary/aromatic N) is 7. The number of hydrogen-bond acceptors (Lipinski definition) is 9. The zero-order valence-corrected chi connectivity index (χ0v) is 28.6. The zero-order chi connectivity index (χ0) is 33.8. The molecule has 0 radical (unpaired) electrons. The fourth-order valence-corrected chi connectivity index (χ4v) is 7.02. The SMILES string of the molecule is C[C@H]1CN(C2COC2)CCN1c1ccc(Nc2cc(-c3ccnc(-n4ccn5c(c(F)c6ccccc65)c4=O)c3CO)cn(C)c2=O)nc1.S. The Balaban J connectivity index is 0.00000392. The number of aromatic nitrogens is 5. The minimum absolute atomic E-state index is 0. The molecule has 0 spiro atoms. The molecular weight excluding hydrogens is 660 g/mol. The molecule has 2 fully saturated rings. The summed E-state index contributed by atoms with van der Waals surface area (Å²) in [5.74, 6) is 0.0488. The molecule has 0 aliphatic carbocycles. The maximum absolute atomic E-state index is 15.4. The number of aliphatic hydroxyl groups is 1. The van der Waals surface area contributed by atoms with E-state index in [1.54, 1.807) is 55.8 Å². The maximum Gasteiger partial charge on any atom is 0.283 e. The van der Waals surface area contributed by atoms with Crippen molar-refractivity contribution >= 4 is 47.1 Å². The molecule has 1 aromatic carbocycles. The van der Waals surface area contributed by atoms with E-state index in [0.717, 1.165) is 38.5 Å². The van der Waals surface area contributed by atoms with E-state index in [2.05, 4.69) is 32.0 Å². The number of para-hydroxylation sites is 1. The van der Waals surface area contributed by atoms with Crippen molar-refractivity contribution in [1.82, 2.24) is 28.4 Å². The molecule has 7 heterocycles. The van der Waals surface area contributed by atoms with Gasteiger partial charge in [-0.05, 0) is 48.9 Å². The van der Waals surface area contributed by atoms with Crippen molar-refractivity contribution in [2.24, 2.45) is 7.05 Å². The second-order valence-corrected chi connectivity index (χ2v) is 12.7. The Morgan fingerprint density at radius 1 is 1.04 bits per heavy atom.